The monoisotopic (exact) mass is 473 g/mol. The van der Waals surface area contributed by atoms with Crippen LogP contribution >= 0.6 is 15.9 Å². The van der Waals surface area contributed by atoms with Gasteiger partial charge in [0, 0.05) is 16.2 Å². The average Bonchev–Trinajstić information content (AvgIpc) is 3.48. The number of rotatable bonds is 7. The lowest BCUT2D eigenvalue weighted by molar-refractivity contribution is -0.120. The molecule has 0 spiro atoms. The summed E-state index contributed by atoms with van der Waals surface area (Å²) >= 11 is 3.04. The number of alkyl carbamates (subject to hydrolysis) is 1. The summed E-state index contributed by atoms with van der Waals surface area (Å²) in [5.41, 5.74) is -0.952. The van der Waals surface area contributed by atoms with Crippen LogP contribution in [0.5, 0.6) is 0 Å². The Kier molecular flexibility index (Phi) is 6.45. The highest BCUT2D eigenvalue weighted by molar-refractivity contribution is 9.10. The van der Waals surface area contributed by atoms with Crippen LogP contribution in [0.1, 0.15) is 58.4 Å². The molecule has 1 aromatic heterocycles. The molecule has 6 nitrogen and oxygen atoms in total. The number of carbonyl (C=O) groups is 2. The van der Waals surface area contributed by atoms with Gasteiger partial charge in [0.15, 0.2) is 0 Å². The molecular weight excluding hydrogens is 448 g/mol. The second-order valence-corrected chi connectivity index (χ2v) is 9.61. The lowest BCUT2D eigenvalue weighted by Crippen LogP contribution is -2.51. The zero-order valence-corrected chi connectivity index (χ0v) is 18.3. The number of nitrogens with one attached hydrogen (secondary N) is 2. The van der Waals surface area contributed by atoms with E-state index in [9.17, 15) is 18.4 Å². The van der Waals surface area contributed by atoms with E-state index in [1.54, 1.807) is 20.8 Å². The molecule has 2 fully saturated rings. The predicted octanol–water partition coefficient (Wildman–Crippen LogP) is 5.05. The minimum absolute atomic E-state index is 0.00698. The van der Waals surface area contributed by atoms with Gasteiger partial charge in [0.1, 0.15) is 17.5 Å². The summed E-state index contributed by atoms with van der Waals surface area (Å²) < 4.78 is 31.8. The van der Waals surface area contributed by atoms with Gasteiger partial charge in [-0.25, -0.2) is 18.6 Å². The lowest BCUT2D eigenvalue weighted by atomic mass is 9.89. The highest BCUT2D eigenvalue weighted by atomic mass is 79.9. The first-order valence-corrected chi connectivity index (χ1v) is 10.6. The Balaban J connectivity index is 1.78. The zero-order valence-electron chi connectivity index (χ0n) is 16.7. The standard InChI is InChI=1S/C20H26BrF2N3O3/c1-20(2,3)29-19(28)26-16(15(10-4-5-10)11-6-7-11)18(27)25-14-8-12(17(22)23)13(21)9-24-14/h8-11,15-17H,4-7H2,1-3H3,(H,26,28)(H,24,25,27)/t16-/m0/s1. The van der Waals surface area contributed by atoms with Crippen LogP contribution in [0.3, 0.4) is 0 Å². The fraction of sp³-hybridized carbons (Fsp3) is 0.650. The molecule has 2 aliphatic rings. The van der Waals surface area contributed by atoms with Crippen LogP contribution in [0.25, 0.3) is 0 Å². The molecule has 29 heavy (non-hydrogen) atoms. The summed E-state index contributed by atoms with van der Waals surface area (Å²) in [4.78, 5) is 29.4. The van der Waals surface area contributed by atoms with Gasteiger partial charge in [0.2, 0.25) is 5.91 Å². The predicted molar refractivity (Wildman–Crippen MR) is 108 cm³/mol. The Labute approximate surface area is 177 Å². The van der Waals surface area contributed by atoms with E-state index in [-0.39, 0.29) is 21.8 Å². The summed E-state index contributed by atoms with van der Waals surface area (Å²) in [6.45, 7) is 5.25. The van der Waals surface area contributed by atoms with Gasteiger partial charge >= 0.3 is 6.09 Å². The van der Waals surface area contributed by atoms with Gasteiger partial charge < -0.3 is 15.4 Å². The minimum Gasteiger partial charge on any atom is -0.444 e. The molecule has 0 aromatic carbocycles. The third-order valence-electron chi connectivity index (χ3n) is 5.04. The summed E-state index contributed by atoms with van der Waals surface area (Å²) in [7, 11) is 0. The van der Waals surface area contributed by atoms with Crippen molar-refractivity contribution in [3.63, 3.8) is 0 Å². The Hall–Kier alpha value is -1.77. The zero-order chi connectivity index (χ0) is 21.3. The molecule has 0 aliphatic heterocycles. The van der Waals surface area contributed by atoms with Crippen molar-refractivity contribution < 1.29 is 23.1 Å². The van der Waals surface area contributed by atoms with Crippen LogP contribution in [-0.2, 0) is 9.53 Å². The van der Waals surface area contributed by atoms with E-state index >= 15 is 0 Å². The number of aromatic nitrogens is 1. The highest BCUT2D eigenvalue weighted by Crippen LogP contribution is 2.51. The summed E-state index contributed by atoms with van der Waals surface area (Å²) in [6, 6.07) is 0.339. The Morgan fingerprint density at radius 2 is 1.79 bits per heavy atom. The fourth-order valence-electron chi connectivity index (χ4n) is 3.56. The number of anilines is 1. The number of hydrogen-bond donors (Lipinski definition) is 2. The van der Waals surface area contributed by atoms with Crippen molar-refractivity contribution in [3.05, 3.63) is 22.3 Å². The molecule has 2 aliphatic carbocycles. The molecular formula is C20H26BrF2N3O3. The van der Waals surface area contributed by atoms with Gasteiger partial charge in [-0.15, -0.1) is 0 Å². The average molecular weight is 474 g/mol. The molecule has 0 unspecified atom stereocenters. The quantitative estimate of drug-likeness (QED) is 0.580. The van der Waals surface area contributed by atoms with E-state index in [1.807, 2.05) is 0 Å². The minimum atomic E-state index is -2.70. The molecule has 1 aromatic rings. The van der Waals surface area contributed by atoms with Crippen molar-refractivity contribution in [2.75, 3.05) is 5.32 Å². The second kappa shape index (κ2) is 8.53. The third kappa shape index (κ3) is 6.10. The number of carbonyl (C=O) groups excluding carboxylic acids is 2. The van der Waals surface area contributed by atoms with Crippen LogP contribution in [0.2, 0.25) is 0 Å². The molecule has 1 heterocycles. The van der Waals surface area contributed by atoms with E-state index < -0.39 is 30.1 Å². The first-order chi connectivity index (χ1) is 13.5. The van der Waals surface area contributed by atoms with Gasteiger partial charge in [-0.05, 0) is 86.2 Å². The maximum absolute atomic E-state index is 13.1. The van der Waals surface area contributed by atoms with Crippen molar-refractivity contribution in [1.82, 2.24) is 10.3 Å². The molecule has 0 saturated heterocycles. The Morgan fingerprint density at radius 1 is 1.21 bits per heavy atom. The first-order valence-electron chi connectivity index (χ1n) is 9.79. The van der Waals surface area contributed by atoms with E-state index in [2.05, 4.69) is 31.5 Å². The normalized spacial score (nSPS) is 17.9. The van der Waals surface area contributed by atoms with E-state index in [0.29, 0.717) is 11.8 Å². The van der Waals surface area contributed by atoms with Crippen LogP contribution in [0.15, 0.2) is 16.7 Å². The molecule has 2 N–H and O–H groups in total. The smallest absolute Gasteiger partial charge is 0.408 e. The molecule has 3 rings (SSSR count). The Bertz CT molecular complexity index is 765. The van der Waals surface area contributed by atoms with Gasteiger partial charge in [-0.3, -0.25) is 4.79 Å². The number of hydrogen-bond acceptors (Lipinski definition) is 4. The van der Waals surface area contributed by atoms with Gasteiger partial charge in [0.25, 0.3) is 6.43 Å². The van der Waals surface area contributed by atoms with Gasteiger partial charge in [0.05, 0.1) is 0 Å². The number of ether oxygens (including phenoxy) is 1. The van der Waals surface area contributed by atoms with E-state index in [1.165, 1.54) is 6.20 Å². The maximum Gasteiger partial charge on any atom is 0.408 e. The van der Waals surface area contributed by atoms with Crippen molar-refractivity contribution in [3.8, 4) is 0 Å². The second-order valence-electron chi connectivity index (χ2n) is 8.76. The summed E-state index contributed by atoms with van der Waals surface area (Å²) in [6.07, 6.45) is 1.94. The molecule has 9 heteroatoms. The van der Waals surface area contributed by atoms with E-state index in [4.69, 9.17) is 4.74 Å². The molecule has 2 amide bonds. The highest BCUT2D eigenvalue weighted by Gasteiger charge is 2.48. The molecule has 160 valence electrons. The fourth-order valence-corrected chi connectivity index (χ4v) is 3.95. The number of alkyl halides is 2. The SMILES string of the molecule is CC(C)(C)OC(=O)N[C@H](C(=O)Nc1cc(C(F)F)c(Br)cn1)C(C1CC1)C1CC1. The number of halogens is 3. The van der Waals surface area contributed by atoms with Crippen LogP contribution in [0, 0.1) is 17.8 Å². The molecule has 1 atom stereocenters. The van der Waals surface area contributed by atoms with Crippen molar-refractivity contribution in [1.29, 1.82) is 0 Å². The van der Waals surface area contributed by atoms with Gasteiger partial charge in [-0.2, -0.15) is 0 Å². The van der Waals surface area contributed by atoms with Crippen molar-refractivity contribution >= 4 is 33.7 Å². The number of pyridine rings is 1. The summed E-state index contributed by atoms with van der Waals surface area (Å²) in [5, 5.41) is 5.33. The van der Waals surface area contributed by atoms with Gasteiger partial charge in [-0.1, -0.05) is 0 Å². The number of nitrogens with zero attached hydrogens (tertiary/aromatic N) is 1. The molecule has 2 saturated carbocycles. The lowest BCUT2D eigenvalue weighted by Gasteiger charge is -2.29. The van der Waals surface area contributed by atoms with Crippen molar-refractivity contribution in [2.24, 2.45) is 17.8 Å². The summed E-state index contributed by atoms with van der Waals surface area (Å²) in [5.74, 6) is 0.322. The molecule has 0 radical (unpaired) electrons. The molecule has 0 bridgehead atoms. The van der Waals surface area contributed by atoms with Crippen molar-refractivity contribution in [2.45, 2.75) is 64.5 Å². The van der Waals surface area contributed by atoms with Crippen LogP contribution < -0.4 is 10.6 Å². The largest absolute Gasteiger partial charge is 0.444 e. The Morgan fingerprint density at radius 3 is 2.28 bits per heavy atom. The number of amides is 2. The first kappa shape index (κ1) is 21.9. The topological polar surface area (TPSA) is 80.3 Å². The maximum atomic E-state index is 13.1. The third-order valence-corrected chi connectivity index (χ3v) is 5.71. The van der Waals surface area contributed by atoms with Crippen LogP contribution in [0.4, 0.5) is 19.4 Å². The van der Waals surface area contributed by atoms with Crippen LogP contribution in [-0.4, -0.2) is 28.6 Å². The van der Waals surface area contributed by atoms with E-state index in [0.717, 1.165) is 31.7 Å².